The van der Waals surface area contributed by atoms with E-state index >= 15 is 0 Å². The molecule has 110 valence electrons. The van der Waals surface area contributed by atoms with Crippen LogP contribution in [0.5, 0.6) is 0 Å². The smallest absolute Gasteiger partial charge is 0.0510 e. The van der Waals surface area contributed by atoms with Crippen LogP contribution in [-0.2, 0) is 14.1 Å². The molecular formula is C20H20N2. The van der Waals surface area contributed by atoms with E-state index in [0.29, 0.717) is 0 Å². The molecule has 4 aromatic rings. The van der Waals surface area contributed by atoms with Gasteiger partial charge >= 0.3 is 0 Å². The first-order valence-electron chi connectivity index (χ1n) is 7.67. The third-order valence-electron chi connectivity index (χ3n) is 4.62. The maximum atomic E-state index is 2.30. The maximum Gasteiger partial charge on any atom is 0.0510 e. The zero-order valence-electron chi connectivity index (χ0n) is 13.5. The van der Waals surface area contributed by atoms with E-state index in [0.717, 1.165) is 0 Å². The van der Waals surface area contributed by atoms with E-state index in [4.69, 9.17) is 0 Å². The minimum absolute atomic E-state index is 1.27. The topological polar surface area (TPSA) is 9.86 Å². The number of hydrogen-bond acceptors (Lipinski definition) is 0. The van der Waals surface area contributed by atoms with Crippen LogP contribution in [0.15, 0.2) is 48.7 Å². The third-order valence-corrected chi connectivity index (χ3v) is 4.62. The van der Waals surface area contributed by atoms with Crippen molar-refractivity contribution in [2.45, 2.75) is 13.8 Å². The van der Waals surface area contributed by atoms with Crippen molar-refractivity contribution in [2.75, 3.05) is 0 Å². The van der Waals surface area contributed by atoms with E-state index in [1.807, 2.05) is 0 Å². The highest BCUT2D eigenvalue weighted by Crippen LogP contribution is 2.34. The Bertz CT molecular complexity index is 1020. The van der Waals surface area contributed by atoms with Crippen LogP contribution in [0.1, 0.15) is 11.1 Å². The van der Waals surface area contributed by atoms with E-state index in [1.54, 1.807) is 0 Å². The van der Waals surface area contributed by atoms with Gasteiger partial charge in [0.05, 0.1) is 5.69 Å². The summed E-state index contributed by atoms with van der Waals surface area (Å²) in [6, 6.07) is 15.6. The van der Waals surface area contributed by atoms with Crippen LogP contribution in [-0.4, -0.2) is 9.13 Å². The van der Waals surface area contributed by atoms with Crippen molar-refractivity contribution in [1.82, 2.24) is 9.13 Å². The zero-order chi connectivity index (χ0) is 15.4. The zero-order valence-corrected chi connectivity index (χ0v) is 13.5. The summed E-state index contributed by atoms with van der Waals surface area (Å²) in [6.45, 7) is 4.30. The predicted octanol–water partition coefficient (Wildman–Crippen LogP) is 4.95. The molecule has 2 nitrogen and oxygen atoms in total. The van der Waals surface area contributed by atoms with Gasteiger partial charge in [0.1, 0.15) is 0 Å². The van der Waals surface area contributed by atoms with Crippen LogP contribution < -0.4 is 0 Å². The standard InChI is InChI=1S/C20H20N2/c1-13-5-7-18-15(9-13)11-20(22(18)4)17-12-21(3)19-8-6-14(2)10-16(17)19/h5-12H,1-4H3. The monoisotopic (exact) mass is 288 g/mol. The van der Waals surface area contributed by atoms with Crippen molar-refractivity contribution in [2.24, 2.45) is 14.1 Å². The fraction of sp³-hybridized carbons (Fsp3) is 0.200. The van der Waals surface area contributed by atoms with E-state index in [-0.39, 0.29) is 0 Å². The van der Waals surface area contributed by atoms with Gasteiger partial charge in [-0.3, -0.25) is 0 Å². The largest absolute Gasteiger partial charge is 0.350 e. The van der Waals surface area contributed by atoms with Crippen molar-refractivity contribution < 1.29 is 0 Å². The molecule has 2 heteroatoms. The third kappa shape index (κ3) is 1.80. The predicted molar refractivity (Wildman–Crippen MR) is 94.3 cm³/mol. The van der Waals surface area contributed by atoms with Crippen molar-refractivity contribution >= 4 is 21.8 Å². The van der Waals surface area contributed by atoms with Gasteiger partial charge in [0.2, 0.25) is 0 Å². The summed E-state index contributed by atoms with van der Waals surface area (Å²) in [5, 5.41) is 2.63. The minimum Gasteiger partial charge on any atom is -0.350 e. The van der Waals surface area contributed by atoms with Crippen molar-refractivity contribution in [3.8, 4) is 11.3 Å². The van der Waals surface area contributed by atoms with Crippen LogP contribution >= 0.6 is 0 Å². The molecule has 0 N–H and O–H groups in total. The Hall–Kier alpha value is -2.48. The minimum atomic E-state index is 1.27. The first-order valence-corrected chi connectivity index (χ1v) is 7.67. The molecule has 0 fully saturated rings. The molecule has 0 saturated carbocycles. The highest BCUT2D eigenvalue weighted by atomic mass is 15.0. The number of aryl methyl sites for hydroxylation is 4. The summed E-state index contributed by atoms with van der Waals surface area (Å²) >= 11 is 0. The van der Waals surface area contributed by atoms with Gasteiger partial charge < -0.3 is 9.13 Å². The second kappa shape index (κ2) is 4.51. The van der Waals surface area contributed by atoms with Gasteiger partial charge in [0.25, 0.3) is 0 Å². The summed E-state index contributed by atoms with van der Waals surface area (Å²) in [6.07, 6.45) is 2.24. The molecule has 0 aliphatic carbocycles. The Morgan fingerprint density at radius 3 is 2.23 bits per heavy atom. The van der Waals surface area contributed by atoms with Crippen LogP contribution in [0.4, 0.5) is 0 Å². The molecule has 0 unspecified atom stereocenters. The highest BCUT2D eigenvalue weighted by Gasteiger charge is 2.13. The Morgan fingerprint density at radius 1 is 0.773 bits per heavy atom. The number of hydrogen-bond donors (Lipinski definition) is 0. The summed E-state index contributed by atoms with van der Waals surface area (Å²) in [4.78, 5) is 0. The summed E-state index contributed by atoms with van der Waals surface area (Å²) < 4.78 is 4.51. The van der Waals surface area contributed by atoms with Gasteiger partial charge in [0, 0.05) is 47.7 Å². The van der Waals surface area contributed by atoms with E-state index < -0.39 is 0 Å². The van der Waals surface area contributed by atoms with Crippen LogP contribution in [0.3, 0.4) is 0 Å². The molecular weight excluding hydrogens is 268 g/mol. The van der Waals surface area contributed by atoms with Gasteiger partial charge in [-0.25, -0.2) is 0 Å². The number of benzene rings is 2. The normalized spacial score (nSPS) is 11.6. The molecule has 2 heterocycles. The lowest BCUT2D eigenvalue weighted by molar-refractivity contribution is 0.956. The molecule has 4 rings (SSSR count). The maximum absolute atomic E-state index is 2.30. The van der Waals surface area contributed by atoms with Crippen molar-refractivity contribution in [1.29, 1.82) is 0 Å². The van der Waals surface area contributed by atoms with Crippen molar-refractivity contribution in [3.05, 3.63) is 59.8 Å². The van der Waals surface area contributed by atoms with Crippen LogP contribution in [0.2, 0.25) is 0 Å². The number of rotatable bonds is 1. The molecule has 2 aromatic carbocycles. The first-order chi connectivity index (χ1) is 10.5. The molecule has 0 aliphatic heterocycles. The summed E-state index contributed by atoms with van der Waals surface area (Å²) in [5.41, 5.74) is 7.75. The highest BCUT2D eigenvalue weighted by molar-refractivity contribution is 5.99. The molecule has 0 radical (unpaired) electrons. The molecule has 0 aliphatic rings. The first kappa shape index (κ1) is 13.2. The molecule has 0 spiro atoms. The SMILES string of the molecule is Cc1ccc2c(c1)cc(-c1cn(C)c3ccc(C)cc13)n2C. The lowest BCUT2D eigenvalue weighted by Crippen LogP contribution is -1.90. The number of fused-ring (bicyclic) bond motifs is 2. The van der Waals surface area contributed by atoms with Crippen molar-refractivity contribution in [3.63, 3.8) is 0 Å². The lowest BCUT2D eigenvalue weighted by atomic mass is 10.1. The van der Waals surface area contributed by atoms with Crippen LogP contribution in [0.25, 0.3) is 33.1 Å². The van der Waals surface area contributed by atoms with Gasteiger partial charge in [-0.1, -0.05) is 23.3 Å². The molecule has 22 heavy (non-hydrogen) atoms. The molecule has 0 saturated heterocycles. The van der Waals surface area contributed by atoms with Crippen LogP contribution in [0, 0.1) is 13.8 Å². The number of aromatic nitrogens is 2. The van der Waals surface area contributed by atoms with Gasteiger partial charge in [-0.2, -0.15) is 0 Å². The van der Waals surface area contributed by atoms with E-state index in [1.165, 1.54) is 44.2 Å². The quantitative estimate of drug-likeness (QED) is 0.469. The molecule has 0 bridgehead atoms. The van der Waals surface area contributed by atoms with E-state index in [9.17, 15) is 0 Å². The fourth-order valence-electron chi connectivity index (χ4n) is 3.44. The van der Waals surface area contributed by atoms with Gasteiger partial charge in [-0.05, 0) is 44.2 Å². The summed E-state index contributed by atoms with van der Waals surface area (Å²) in [7, 11) is 4.27. The Morgan fingerprint density at radius 2 is 1.45 bits per heavy atom. The average Bonchev–Trinajstić information content (AvgIpc) is 2.96. The second-order valence-electron chi connectivity index (χ2n) is 6.33. The van der Waals surface area contributed by atoms with E-state index in [2.05, 4.69) is 85.7 Å². The second-order valence-corrected chi connectivity index (χ2v) is 6.33. The average molecular weight is 288 g/mol. The molecule has 0 amide bonds. The lowest BCUT2D eigenvalue weighted by Gasteiger charge is -2.04. The Kier molecular flexibility index (Phi) is 2.70. The fourth-order valence-corrected chi connectivity index (χ4v) is 3.44. The summed E-state index contributed by atoms with van der Waals surface area (Å²) in [5.74, 6) is 0. The number of nitrogens with zero attached hydrogens (tertiary/aromatic N) is 2. The molecule has 0 atom stereocenters. The Balaban J connectivity index is 2.07. The molecule has 2 aromatic heterocycles. The van der Waals surface area contributed by atoms with Gasteiger partial charge in [0.15, 0.2) is 0 Å². The Labute approximate surface area is 130 Å². The van der Waals surface area contributed by atoms with Gasteiger partial charge in [-0.15, -0.1) is 0 Å².